The van der Waals surface area contributed by atoms with Crippen molar-refractivity contribution in [2.75, 3.05) is 13.2 Å². The third-order valence-corrected chi connectivity index (χ3v) is 7.73. The molecule has 0 aliphatic carbocycles. The second-order valence-electron chi connectivity index (χ2n) is 7.68. The minimum Gasteiger partial charge on any atom is -0.394 e. The molecule has 0 radical (unpaired) electrons. The monoisotopic (exact) mass is 566 g/mol. The van der Waals surface area contributed by atoms with Gasteiger partial charge in [-0.25, -0.2) is 13.9 Å². The molecule has 21 heteroatoms. The van der Waals surface area contributed by atoms with Crippen molar-refractivity contribution in [2.24, 2.45) is 0 Å². The summed E-state index contributed by atoms with van der Waals surface area (Å²) in [4.78, 5) is 44.5. The first-order valence-corrected chi connectivity index (χ1v) is 13.0. The van der Waals surface area contributed by atoms with Crippen molar-refractivity contribution in [1.82, 2.24) is 9.55 Å². The predicted molar refractivity (Wildman–Crippen MR) is 109 cm³/mol. The van der Waals surface area contributed by atoms with Crippen molar-refractivity contribution >= 4 is 15.6 Å². The van der Waals surface area contributed by atoms with Crippen molar-refractivity contribution in [2.45, 2.75) is 55.2 Å². The smallest absolute Gasteiger partial charge is 0.394 e. The minimum absolute atomic E-state index is 0.725. The number of aromatic nitrogens is 2. The fourth-order valence-corrected chi connectivity index (χ4v) is 5.54. The highest BCUT2D eigenvalue weighted by Gasteiger charge is 2.51. The molecule has 0 saturated carbocycles. The van der Waals surface area contributed by atoms with Gasteiger partial charge in [0.2, 0.25) is 0 Å². The molecular formula is C15H24N2O17P2. The Balaban J connectivity index is 1.60. The van der Waals surface area contributed by atoms with Crippen LogP contribution in [-0.2, 0) is 32.0 Å². The Labute approximate surface area is 199 Å². The number of nitrogens with zero attached hydrogens (tertiary/aromatic N) is 1. The van der Waals surface area contributed by atoms with Gasteiger partial charge in [0.15, 0.2) is 12.5 Å². The van der Waals surface area contributed by atoms with Gasteiger partial charge in [-0.1, -0.05) is 0 Å². The number of H-pyrrole nitrogens is 1. The lowest BCUT2D eigenvalue weighted by atomic mass is 10.1. The largest absolute Gasteiger partial charge is 0.483 e. The third-order valence-electron chi connectivity index (χ3n) is 5.13. The Morgan fingerprint density at radius 2 is 1.69 bits per heavy atom. The van der Waals surface area contributed by atoms with Gasteiger partial charge in [0.25, 0.3) is 5.56 Å². The summed E-state index contributed by atoms with van der Waals surface area (Å²) in [5.41, 5.74) is -1.74. The summed E-state index contributed by atoms with van der Waals surface area (Å²) in [5, 5.41) is 58.3. The van der Waals surface area contributed by atoms with Gasteiger partial charge in [0, 0.05) is 12.3 Å². The molecule has 2 fully saturated rings. The number of aliphatic hydroxyl groups is 6. The molecule has 1 aromatic heterocycles. The van der Waals surface area contributed by atoms with Crippen LogP contribution >= 0.6 is 15.6 Å². The maximum atomic E-state index is 12.1. The lowest BCUT2D eigenvalue weighted by molar-refractivity contribution is -0.144. The molecular weight excluding hydrogens is 542 g/mol. The van der Waals surface area contributed by atoms with Gasteiger partial charge in [-0.3, -0.25) is 23.4 Å². The van der Waals surface area contributed by atoms with Crippen molar-refractivity contribution in [3.63, 3.8) is 0 Å². The fourth-order valence-electron chi connectivity index (χ4n) is 3.38. The van der Waals surface area contributed by atoms with Crippen molar-refractivity contribution in [1.29, 1.82) is 0 Å². The Hall–Kier alpha value is -1.38. The first kappa shape index (κ1) is 29.2. The van der Waals surface area contributed by atoms with E-state index >= 15 is 0 Å². The molecule has 2 aliphatic heterocycles. The van der Waals surface area contributed by atoms with E-state index in [0.717, 1.165) is 16.8 Å². The van der Waals surface area contributed by atoms with Crippen LogP contribution in [0.2, 0.25) is 0 Å². The number of nitrogens with one attached hydrogen (secondary N) is 1. The molecule has 3 rings (SSSR count). The zero-order valence-corrected chi connectivity index (χ0v) is 19.6. The van der Waals surface area contributed by atoms with Crippen LogP contribution in [0.1, 0.15) is 6.23 Å². The normalized spacial score (nSPS) is 36.9. The van der Waals surface area contributed by atoms with Crippen LogP contribution in [-0.4, -0.2) is 112 Å². The van der Waals surface area contributed by atoms with Crippen LogP contribution in [0.25, 0.3) is 0 Å². The SMILES string of the molecule is O=c1ccn([C@@H]2O[C@H](COP(=O)(O)OP(=O)(O)O[C@@H]3O[C@@H]([C@H](O)CO)[C@H](O)[C@H]3O)[C@@H](O)[C@H]2O)c(=O)[nH]1. The van der Waals surface area contributed by atoms with E-state index in [2.05, 4.69) is 13.4 Å². The van der Waals surface area contributed by atoms with E-state index in [1.54, 1.807) is 0 Å². The van der Waals surface area contributed by atoms with Crippen molar-refractivity contribution < 1.29 is 72.4 Å². The van der Waals surface area contributed by atoms with Crippen LogP contribution in [0, 0.1) is 0 Å². The Morgan fingerprint density at radius 1 is 1.03 bits per heavy atom. The summed E-state index contributed by atoms with van der Waals surface area (Å²) in [6.45, 7) is -1.93. The first-order valence-electron chi connectivity index (χ1n) is 9.99. The second kappa shape index (κ2) is 11.2. The molecule has 1 aromatic rings. The van der Waals surface area contributed by atoms with Crippen molar-refractivity contribution in [3.05, 3.63) is 33.1 Å². The third kappa shape index (κ3) is 6.54. The van der Waals surface area contributed by atoms with E-state index in [9.17, 15) is 54.0 Å². The number of phosphoric ester groups is 2. The fraction of sp³-hybridized carbons (Fsp3) is 0.733. The van der Waals surface area contributed by atoms with Crippen LogP contribution in [0.4, 0.5) is 0 Å². The highest BCUT2D eigenvalue weighted by molar-refractivity contribution is 7.61. The highest BCUT2D eigenvalue weighted by Crippen LogP contribution is 2.61. The maximum absolute atomic E-state index is 12.1. The molecule has 0 amide bonds. The predicted octanol–water partition coefficient (Wildman–Crippen LogP) is -4.79. The molecule has 0 aromatic carbocycles. The zero-order valence-electron chi connectivity index (χ0n) is 17.9. The summed E-state index contributed by atoms with van der Waals surface area (Å²) in [6.07, 6.45) is -15.1. The first-order chi connectivity index (χ1) is 16.7. The molecule has 9 N–H and O–H groups in total. The van der Waals surface area contributed by atoms with Gasteiger partial charge in [-0.05, 0) is 0 Å². The van der Waals surface area contributed by atoms with Crippen molar-refractivity contribution in [3.8, 4) is 0 Å². The van der Waals surface area contributed by atoms with Crippen LogP contribution < -0.4 is 11.2 Å². The van der Waals surface area contributed by atoms with E-state index in [1.807, 2.05) is 4.98 Å². The van der Waals surface area contributed by atoms with Crippen LogP contribution in [0.3, 0.4) is 0 Å². The Kier molecular flexibility index (Phi) is 9.05. The van der Waals surface area contributed by atoms with E-state index in [4.69, 9.17) is 14.6 Å². The van der Waals surface area contributed by atoms with E-state index in [-0.39, 0.29) is 0 Å². The van der Waals surface area contributed by atoms with E-state index in [0.29, 0.717) is 0 Å². The number of aromatic amines is 1. The van der Waals surface area contributed by atoms with Gasteiger partial charge < -0.3 is 49.9 Å². The van der Waals surface area contributed by atoms with Crippen LogP contribution in [0.5, 0.6) is 0 Å². The molecule has 2 aliphatic rings. The zero-order chi connectivity index (χ0) is 27.0. The highest BCUT2D eigenvalue weighted by atomic mass is 31.3. The quantitative estimate of drug-likeness (QED) is 0.120. The standard InChI is InChI=1S/C15H24N2O17P2/c18-3-5(19)12-9(22)11(24)14(32-12)33-36(28,29)34-35(26,27)30-4-6-8(21)10(23)13(31-6)17-2-1-7(20)16-15(17)25/h1-2,5-6,8-14,18-19,21-24H,3-4H2,(H,26,27)(H,28,29)(H,16,20,25)/t5-,6-,8-,9-,10-,11-,12+,13-,14+/m1/s1. The Bertz CT molecular complexity index is 1130. The number of hydrogen-bond acceptors (Lipinski definition) is 15. The Morgan fingerprint density at radius 3 is 2.31 bits per heavy atom. The number of phosphoric acid groups is 2. The van der Waals surface area contributed by atoms with E-state index in [1.165, 1.54) is 0 Å². The lowest BCUT2D eigenvalue weighted by Crippen LogP contribution is -2.40. The molecule has 11 atom stereocenters. The number of ether oxygens (including phenoxy) is 2. The minimum atomic E-state index is -5.56. The topological polar surface area (TPSA) is 297 Å². The van der Waals surface area contributed by atoms with Gasteiger partial charge in [-0.15, -0.1) is 0 Å². The lowest BCUT2D eigenvalue weighted by Gasteiger charge is -2.22. The summed E-state index contributed by atoms with van der Waals surface area (Å²) < 4.78 is 48.0. The molecule has 206 valence electrons. The van der Waals surface area contributed by atoms with Gasteiger partial charge in [0.05, 0.1) is 13.2 Å². The molecule has 36 heavy (non-hydrogen) atoms. The van der Waals surface area contributed by atoms with Gasteiger partial charge in [0.1, 0.15) is 42.7 Å². The summed E-state index contributed by atoms with van der Waals surface area (Å²) in [7, 11) is -11.0. The van der Waals surface area contributed by atoms with Gasteiger partial charge >= 0.3 is 21.3 Å². The summed E-state index contributed by atoms with van der Waals surface area (Å²) >= 11 is 0. The average Bonchev–Trinajstić information content (AvgIpc) is 3.21. The average molecular weight is 566 g/mol. The summed E-state index contributed by atoms with van der Waals surface area (Å²) in [5.74, 6) is 0. The molecule has 3 heterocycles. The molecule has 0 bridgehead atoms. The molecule has 0 spiro atoms. The summed E-state index contributed by atoms with van der Waals surface area (Å²) in [6, 6.07) is 0.930. The van der Waals surface area contributed by atoms with Crippen LogP contribution in [0.15, 0.2) is 21.9 Å². The molecule has 19 nitrogen and oxygen atoms in total. The van der Waals surface area contributed by atoms with Gasteiger partial charge in [-0.2, -0.15) is 4.31 Å². The number of aliphatic hydroxyl groups excluding tert-OH is 6. The number of rotatable bonds is 10. The van der Waals surface area contributed by atoms with E-state index < -0.39 is 95.4 Å². The maximum Gasteiger partial charge on any atom is 0.483 e. The number of hydrogen-bond donors (Lipinski definition) is 9. The molecule has 2 saturated heterocycles. The molecule has 2 unspecified atom stereocenters. The second-order valence-corrected chi connectivity index (χ2v) is 10.7.